The van der Waals surface area contributed by atoms with Crippen LogP contribution in [0.2, 0.25) is 0 Å². The van der Waals surface area contributed by atoms with Crippen molar-refractivity contribution in [1.29, 1.82) is 0 Å². The highest BCUT2D eigenvalue weighted by Gasteiger charge is 2.18. The first-order valence-corrected chi connectivity index (χ1v) is 9.85. The molecule has 0 saturated heterocycles. The topological polar surface area (TPSA) is 47.6 Å². The summed E-state index contributed by atoms with van der Waals surface area (Å²) in [7, 11) is 0. The Morgan fingerprint density at radius 1 is 1.00 bits per heavy atom. The maximum absolute atomic E-state index is 15.1. The number of nitrogens with one attached hydrogen (secondary N) is 1. The molecule has 0 amide bonds. The molecule has 1 N–H and O–H groups in total. The van der Waals surface area contributed by atoms with E-state index in [0.29, 0.717) is 11.1 Å². The zero-order valence-corrected chi connectivity index (χ0v) is 17.5. The maximum Gasteiger partial charge on any atom is 0.344 e. The Labute approximate surface area is 182 Å². The van der Waals surface area contributed by atoms with Crippen molar-refractivity contribution in [2.45, 2.75) is 20.4 Å². The number of aryl methyl sites for hydroxylation is 1. The van der Waals surface area contributed by atoms with E-state index in [1.54, 1.807) is 26.0 Å². The lowest BCUT2D eigenvalue weighted by Crippen LogP contribution is -2.15. The molecule has 32 heavy (non-hydrogen) atoms. The van der Waals surface area contributed by atoms with Crippen LogP contribution in [-0.4, -0.2) is 19.2 Å². The number of hydrogen-bond donors (Lipinski definition) is 1. The first kappa shape index (κ1) is 23.1. The first-order valence-electron chi connectivity index (χ1n) is 9.85. The number of anilines is 1. The second kappa shape index (κ2) is 10.2. The summed E-state index contributed by atoms with van der Waals surface area (Å²) in [5.74, 6) is -4.17. The number of halogens is 4. The van der Waals surface area contributed by atoms with Crippen molar-refractivity contribution in [2.75, 3.05) is 18.5 Å². The third-order valence-electron chi connectivity index (χ3n) is 4.59. The number of ether oxygens (including phenoxy) is 2. The van der Waals surface area contributed by atoms with Crippen LogP contribution >= 0.6 is 0 Å². The molecule has 4 nitrogen and oxygen atoms in total. The molecule has 0 fully saturated rings. The molecule has 3 aromatic rings. The minimum Gasteiger partial charge on any atom is -0.479 e. The minimum atomic E-state index is -1.06. The van der Waals surface area contributed by atoms with Crippen LogP contribution < -0.4 is 10.1 Å². The highest BCUT2D eigenvalue weighted by Crippen LogP contribution is 2.30. The van der Waals surface area contributed by atoms with Crippen LogP contribution in [0.25, 0.3) is 11.1 Å². The van der Waals surface area contributed by atoms with Crippen LogP contribution in [0.5, 0.6) is 5.75 Å². The van der Waals surface area contributed by atoms with Crippen LogP contribution in [0.1, 0.15) is 18.1 Å². The van der Waals surface area contributed by atoms with Gasteiger partial charge in [0.25, 0.3) is 0 Å². The van der Waals surface area contributed by atoms with Crippen molar-refractivity contribution in [2.24, 2.45) is 0 Å². The van der Waals surface area contributed by atoms with E-state index in [-0.39, 0.29) is 30.0 Å². The number of benzene rings is 3. The van der Waals surface area contributed by atoms with E-state index >= 15 is 4.39 Å². The number of hydrogen-bond acceptors (Lipinski definition) is 4. The van der Waals surface area contributed by atoms with Crippen LogP contribution in [0.15, 0.2) is 48.5 Å². The van der Waals surface area contributed by atoms with E-state index in [2.05, 4.69) is 5.32 Å². The van der Waals surface area contributed by atoms with Crippen LogP contribution in [0.4, 0.5) is 23.2 Å². The molecule has 0 aliphatic heterocycles. The molecule has 3 rings (SSSR count). The summed E-state index contributed by atoms with van der Waals surface area (Å²) in [5, 5.41) is 2.55. The molecular formula is C24H21F4NO3. The van der Waals surface area contributed by atoms with Gasteiger partial charge in [0.1, 0.15) is 23.1 Å². The fourth-order valence-electron chi connectivity index (χ4n) is 3.17. The van der Waals surface area contributed by atoms with Gasteiger partial charge in [0.15, 0.2) is 18.2 Å². The normalized spacial score (nSPS) is 10.7. The zero-order valence-electron chi connectivity index (χ0n) is 17.5. The molecule has 0 atom stereocenters. The number of esters is 1. The summed E-state index contributed by atoms with van der Waals surface area (Å²) >= 11 is 0. The highest BCUT2D eigenvalue weighted by atomic mass is 19.1. The molecule has 8 heteroatoms. The van der Waals surface area contributed by atoms with Gasteiger partial charge in [0.05, 0.1) is 6.61 Å². The van der Waals surface area contributed by atoms with E-state index in [0.717, 1.165) is 12.1 Å². The summed E-state index contributed by atoms with van der Waals surface area (Å²) in [4.78, 5) is 11.4. The van der Waals surface area contributed by atoms with E-state index in [1.807, 2.05) is 0 Å². The standard InChI is InChI=1S/C24H21F4NO3/c1-3-31-21(30)13-32-20-8-7-19(26)24(23(20)28)29-12-16-9-14(2)10-18(22(16)27)15-5-4-6-17(25)11-15/h4-11,29H,3,12-13H2,1-2H3. The molecular weight excluding hydrogens is 426 g/mol. The van der Waals surface area contributed by atoms with Crippen molar-refractivity contribution in [1.82, 2.24) is 0 Å². The Balaban J connectivity index is 1.84. The predicted octanol–water partition coefficient (Wildman–Crippen LogP) is 5.77. The highest BCUT2D eigenvalue weighted by molar-refractivity contribution is 5.71. The van der Waals surface area contributed by atoms with Gasteiger partial charge in [-0.05, 0) is 55.3 Å². The minimum absolute atomic E-state index is 0.139. The van der Waals surface area contributed by atoms with Gasteiger partial charge in [0, 0.05) is 17.7 Å². The van der Waals surface area contributed by atoms with Gasteiger partial charge in [-0.15, -0.1) is 0 Å². The van der Waals surface area contributed by atoms with Gasteiger partial charge in [-0.3, -0.25) is 0 Å². The largest absolute Gasteiger partial charge is 0.479 e. The average Bonchev–Trinajstić information content (AvgIpc) is 2.75. The van der Waals surface area contributed by atoms with Crippen LogP contribution in [0.3, 0.4) is 0 Å². The fourth-order valence-corrected chi connectivity index (χ4v) is 3.17. The molecule has 0 aliphatic carbocycles. The monoisotopic (exact) mass is 447 g/mol. The predicted molar refractivity (Wildman–Crippen MR) is 112 cm³/mol. The first-order chi connectivity index (χ1) is 15.3. The molecule has 0 aromatic heterocycles. The van der Waals surface area contributed by atoms with Crippen molar-refractivity contribution in [3.63, 3.8) is 0 Å². The lowest BCUT2D eigenvalue weighted by Gasteiger charge is -2.15. The molecule has 0 bridgehead atoms. The number of rotatable bonds is 8. The van der Waals surface area contributed by atoms with Crippen molar-refractivity contribution >= 4 is 11.7 Å². The van der Waals surface area contributed by atoms with E-state index in [1.165, 1.54) is 24.3 Å². The Hall–Kier alpha value is -3.55. The van der Waals surface area contributed by atoms with Gasteiger partial charge >= 0.3 is 5.97 Å². The van der Waals surface area contributed by atoms with Crippen molar-refractivity contribution in [3.8, 4) is 16.9 Å². The van der Waals surface area contributed by atoms with E-state index in [9.17, 15) is 18.0 Å². The Bertz CT molecular complexity index is 1130. The average molecular weight is 447 g/mol. The van der Waals surface area contributed by atoms with Gasteiger partial charge in [-0.1, -0.05) is 18.2 Å². The SMILES string of the molecule is CCOC(=O)COc1ccc(F)c(NCc2cc(C)cc(-c3cccc(F)c3)c2F)c1F. The van der Waals surface area contributed by atoms with E-state index < -0.39 is 41.5 Å². The summed E-state index contributed by atoms with van der Waals surface area (Å²) in [6.45, 7) is 2.70. The molecule has 168 valence electrons. The van der Waals surface area contributed by atoms with Crippen molar-refractivity contribution < 1.29 is 31.8 Å². The lowest BCUT2D eigenvalue weighted by molar-refractivity contribution is -0.145. The third-order valence-corrected chi connectivity index (χ3v) is 4.59. The summed E-state index contributed by atoms with van der Waals surface area (Å²) < 4.78 is 67.4. The van der Waals surface area contributed by atoms with Crippen LogP contribution in [-0.2, 0) is 16.1 Å². The van der Waals surface area contributed by atoms with Crippen molar-refractivity contribution in [3.05, 3.63) is 82.9 Å². The number of carbonyl (C=O) groups is 1. The number of carbonyl (C=O) groups excluding carboxylic acids is 1. The second-order valence-electron chi connectivity index (χ2n) is 6.98. The molecule has 0 spiro atoms. The maximum atomic E-state index is 15.1. The fraction of sp³-hybridized carbons (Fsp3) is 0.208. The van der Waals surface area contributed by atoms with Gasteiger partial charge in [-0.25, -0.2) is 22.4 Å². The van der Waals surface area contributed by atoms with Crippen LogP contribution in [0, 0.1) is 30.2 Å². The van der Waals surface area contributed by atoms with Gasteiger partial charge in [-0.2, -0.15) is 0 Å². The van der Waals surface area contributed by atoms with E-state index in [4.69, 9.17) is 9.47 Å². The Kier molecular flexibility index (Phi) is 7.35. The van der Waals surface area contributed by atoms with Gasteiger partial charge < -0.3 is 14.8 Å². The molecule has 0 aliphatic rings. The summed E-state index contributed by atoms with van der Waals surface area (Å²) in [6, 6.07) is 10.6. The quantitative estimate of drug-likeness (QED) is 0.352. The molecule has 0 heterocycles. The summed E-state index contributed by atoms with van der Waals surface area (Å²) in [5.41, 5.74) is 0.823. The summed E-state index contributed by atoms with van der Waals surface area (Å²) in [6.07, 6.45) is 0. The molecule has 0 unspecified atom stereocenters. The smallest absolute Gasteiger partial charge is 0.344 e. The lowest BCUT2D eigenvalue weighted by atomic mass is 9.99. The molecule has 0 saturated carbocycles. The second-order valence-corrected chi connectivity index (χ2v) is 6.98. The molecule has 3 aromatic carbocycles. The Morgan fingerprint density at radius 3 is 2.50 bits per heavy atom. The third kappa shape index (κ3) is 5.38. The Morgan fingerprint density at radius 2 is 1.78 bits per heavy atom. The molecule has 0 radical (unpaired) electrons. The zero-order chi connectivity index (χ0) is 23.3. The van der Waals surface area contributed by atoms with Gasteiger partial charge in [0.2, 0.25) is 0 Å².